The van der Waals surface area contributed by atoms with Crippen LogP contribution in [0.25, 0.3) is 0 Å². The normalized spacial score (nSPS) is 24.4. The zero-order valence-corrected chi connectivity index (χ0v) is 14.6. The number of rotatable bonds is 3. The molecule has 0 spiro atoms. The molecule has 4 rings (SSSR count). The summed E-state index contributed by atoms with van der Waals surface area (Å²) in [5, 5.41) is 7.14. The summed E-state index contributed by atoms with van der Waals surface area (Å²) in [7, 11) is 0. The molecular weight excluding hydrogens is 316 g/mol. The molecule has 1 saturated heterocycles. The molecule has 0 unspecified atom stereocenters. The molecule has 0 aliphatic carbocycles. The van der Waals surface area contributed by atoms with E-state index >= 15 is 0 Å². The van der Waals surface area contributed by atoms with Crippen molar-refractivity contribution in [1.82, 2.24) is 15.0 Å². The number of piperidine rings is 1. The first-order valence-electron chi connectivity index (χ1n) is 9.11. The number of fused-ring (bicyclic) bond motifs is 1. The lowest BCUT2D eigenvalue weighted by Gasteiger charge is -2.36. The van der Waals surface area contributed by atoms with Crippen molar-refractivity contribution in [2.75, 3.05) is 18.4 Å². The maximum absolute atomic E-state index is 12.8. The maximum Gasteiger partial charge on any atom is 0.241 e. The van der Waals surface area contributed by atoms with Gasteiger partial charge >= 0.3 is 0 Å². The van der Waals surface area contributed by atoms with Crippen LogP contribution in [0.1, 0.15) is 36.5 Å². The predicted molar refractivity (Wildman–Crippen MR) is 94.2 cm³/mol. The van der Waals surface area contributed by atoms with Crippen molar-refractivity contribution in [3.05, 3.63) is 41.5 Å². The summed E-state index contributed by atoms with van der Waals surface area (Å²) in [5.41, 5.74) is 2.19. The molecule has 132 valence electrons. The maximum atomic E-state index is 12.8. The Bertz CT molecular complexity index is 757. The summed E-state index contributed by atoms with van der Waals surface area (Å²) in [6.07, 6.45) is 4.89. The van der Waals surface area contributed by atoms with E-state index in [9.17, 15) is 4.79 Å². The minimum absolute atomic E-state index is 0.0535. The number of hydrogen-bond donors (Lipinski definition) is 1. The van der Waals surface area contributed by atoms with Crippen LogP contribution in [-0.4, -0.2) is 40.1 Å². The predicted octanol–water partition coefficient (Wildman–Crippen LogP) is 2.59. The van der Waals surface area contributed by atoms with Crippen LogP contribution >= 0.6 is 0 Å². The average Bonchev–Trinajstić information content (AvgIpc) is 2.93. The van der Waals surface area contributed by atoms with Crippen LogP contribution < -0.4 is 5.32 Å². The van der Waals surface area contributed by atoms with E-state index in [0.29, 0.717) is 11.8 Å². The van der Waals surface area contributed by atoms with E-state index in [1.54, 1.807) is 0 Å². The Morgan fingerprint density at radius 1 is 1.32 bits per heavy atom. The lowest BCUT2D eigenvalue weighted by Crippen LogP contribution is -2.48. The number of aryl methyl sites for hydroxylation is 2. The first-order chi connectivity index (χ1) is 12.2. The molecular formula is C19H24N4O2. The molecule has 1 fully saturated rings. The van der Waals surface area contributed by atoms with Crippen molar-refractivity contribution in [2.45, 2.75) is 45.1 Å². The second kappa shape index (κ2) is 6.96. The molecule has 1 N–H and O–H groups in total. The number of nitrogens with one attached hydrogen (secondary N) is 1. The number of likely N-dealkylation sites (tertiary alicyclic amines) is 1. The topological polar surface area (TPSA) is 71.3 Å². The Balaban J connectivity index is 1.43. The lowest BCUT2D eigenvalue weighted by atomic mass is 9.92. The molecule has 6 nitrogen and oxygen atoms in total. The fourth-order valence-corrected chi connectivity index (χ4v) is 4.08. The van der Waals surface area contributed by atoms with E-state index in [1.807, 2.05) is 25.1 Å². The van der Waals surface area contributed by atoms with Crippen molar-refractivity contribution in [2.24, 2.45) is 5.92 Å². The number of carbonyl (C=O) groups is 1. The smallest absolute Gasteiger partial charge is 0.241 e. The second-order valence-corrected chi connectivity index (χ2v) is 7.14. The third-order valence-electron chi connectivity index (χ3n) is 5.30. The van der Waals surface area contributed by atoms with Crippen molar-refractivity contribution < 1.29 is 9.32 Å². The van der Waals surface area contributed by atoms with E-state index < -0.39 is 0 Å². The zero-order chi connectivity index (χ0) is 17.2. The van der Waals surface area contributed by atoms with Gasteiger partial charge in [-0.1, -0.05) is 23.4 Å². The third-order valence-corrected chi connectivity index (χ3v) is 5.30. The number of hydrogen-bond acceptors (Lipinski definition) is 5. The molecule has 2 aliphatic rings. The van der Waals surface area contributed by atoms with Crippen LogP contribution in [0, 0.1) is 12.8 Å². The molecule has 0 bridgehead atoms. The van der Waals surface area contributed by atoms with Gasteiger partial charge in [-0.25, -0.2) is 0 Å². The summed E-state index contributed by atoms with van der Waals surface area (Å²) in [6.45, 7) is 3.72. The molecule has 2 aromatic rings. The minimum atomic E-state index is -0.0535. The highest BCUT2D eigenvalue weighted by Gasteiger charge is 2.32. The number of benzene rings is 1. The lowest BCUT2D eigenvalue weighted by molar-refractivity contribution is -0.122. The van der Waals surface area contributed by atoms with Crippen LogP contribution in [0.4, 0.5) is 5.69 Å². The van der Waals surface area contributed by atoms with Crippen LogP contribution in [-0.2, 0) is 17.6 Å². The fraction of sp³-hybridized carbons (Fsp3) is 0.526. The SMILES string of the molecule is Cc1nc(C[C@H]2CCCN([C@H]3CCc4ccccc4NC3=O)C2)no1. The summed E-state index contributed by atoms with van der Waals surface area (Å²) in [5.74, 6) is 2.00. The first-order valence-corrected chi connectivity index (χ1v) is 9.11. The summed E-state index contributed by atoms with van der Waals surface area (Å²) in [6, 6.07) is 8.06. The Hall–Kier alpha value is -2.21. The Morgan fingerprint density at radius 2 is 2.20 bits per heavy atom. The Kier molecular flexibility index (Phi) is 4.53. The van der Waals surface area contributed by atoms with Crippen LogP contribution in [0.5, 0.6) is 0 Å². The van der Waals surface area contributed by atoms with Gasteiger partial charge in [-0.05, 0) is 49.8 Å². The van der Waals surface area contributed by atoms with Crippen LogP contribution in [0.15, 0.2) is 28.8 Å². The van der Waals surface area contributed by atoms with Crippen molar-refractivity contribution in [1.29, 1.82) is 0 Å². The van der Waals surface area contributed by atoms with Gasteiger partial charge in [0.15, 0.2) is 5.82 Å². The van der Waals surface area contributed by atoms with Gasteiger partial charge in [0.2, 0.25) is 11.8 Å². The molecule has 1 amide bonds. The van der Waals surface area contributed by atoms with Gasteiger partial charge in [0, 0.05) is 25.6 Å². The number of carbonyl (C=O) groups excluding carboxylic acids is 1. The largest absolute Gasteiger partial charge is 0.340 e. The highest BCUT2D eigenvalue weighted by atomic mass is 16.5. The van der Waals surface area contributed by atoms with Gasteiger partial charge in [0.1, 0.15) is 0 Å². The molecule has 1 aromatic heterocycles. The summed E-state index contributed by atoms with van der Waals surface area (Å²) < 4.78 is 5.08. The minimum Gasteiger partial charge on any atom is -0.340 e. The van der Waals surface area contributed by atoms with Gasteiger partial charge in [-0.15, -0.1) is 0 Å². The highest BCUT2D eigenvalue weighted by molar-refractivity contribution is 5.96. The number of amides is 1. The molecule has 3 heterocycles. The van der Waals surface area contributed by atoms with E-state index in [2.05, 4.69) is 26.4 Å². The molecule has 0 saturated carbocycles. The number of aromatic nitrogens is 2. The van der Waals surface area contributed by atoms with Gasteiger partial charge in [0.25, 0.3) is 0 Å². The number of para-hydroxylation sites is 1. The second-order valence-electron chi connectivity index (χ2n) is 7.14. The van der Waals surface area contributed by atoms with E-state index in [-0.39, 0.29) is 11.9 Å². The molecule has 6 heteroatoms. The molecule has 2 aliphatic heterocycles. The first kappa shape index (κ1) is 16.3. The van der Waals surface area contributed by atoms with Gasteiger partial charge in [-0.3, -0.25) is 9.69 Å². The van der Waals surface area contributed by atoms with E-state index in [4.69, 9.17) is 4.52 Å². The number of anilines is 1. The average molecular weight is 340 g/mol. The van der Waals surface area contributed by atoms with E-state index in [0.717, 1.165) is 56.7 Å². The zero-order valence-electron chi connectivity index (χ0n) is 14.6. The van der Waals surface area contributed by atoms with Gasteiger partial charge < -0.3 is 9.84 Å². The van der Waals surface area contributed by atoms with Gasteiger partial charge in [-0.2, -0.15) is 4.98 Å². The monoisotopic (exact) mass is 340 g/mol. The quantitative estimate of drug-likeness (QED) is 0.930. The molecule has 25 heavy (non-hydrogen) atoms. The standard InChI is InChI=1S/C19H24N4O2/c1-13-20-18(22-25-13)11-14-5-4-10-23(12-14)17-9-8-15-6-2-3-7-16(15)21-19(17)24/h2-3,6-7,14,17H,4-5,8-12H2,1H3,(H,21,24)/t14-,17+/m1/s1. The summed E-state index contributed by atoms with van der Waals surface area (Å²) in [4.78, 5) is 19.4. The highest BCUT2D eigenvalue weighted by Crippen LogP contribution is 2.27. The van der Waals surface area contributed by atoms with E-state index in [1.165, 1.54) is 5.56 Å². The van der Waals surface area contributed by atoms with Crippen molar-refractivity contribution in [3.63, 3.8) is 0 Å². The summed E-state index contributed by atoms with van der Waals surface area (Å²) >= 11 is 0. The Labute approximate surface area is 147 Å². The van der Waals surface area contributed by atoms with Crippen molar-refractivity contribution >= 4 is 11.6 Å². The molecule has 2 atom stereocenters. The number of nitrogens with zero attached hydrogens (tertiary/aromatic N) is 3. The molecule has 0 radical (unpaired) electrons. The van der Waals surface area contributed by atoms with Crippen LogP contribution in [0.2, 0.25) is 0 Å². The Morgan fingerprint density at radius 3 is 3.04 bits per heavy atom. The van der Waals surface area contributed by atoms with Crippen molar-refractivity contribution in [3.8, 4) is 0 Å². The molecule has 1 aromatic carbocycles. The van der Waals surface area contributed by atoms with Gasteiger partial charge in [0.05, 0.1) is 6.04 Å². The fourth-order valence-electron chi connectivity index (χ4n) is 4.08. The van der Waals surface area contributed by atoms with Crippen LogP contribution in [0.3, 0.4) is 0 Å². The third kappa shape index (κ3) is 3.58.